The summed E-state index contributed by atoms with van der Waals surface area (Å²) >= 11 is 0. The molecule has 9 N–H and O–H groups in total. The Morgan fingerprint density at radius 3 is 2.45 bits per heavy atom. The van der Waals surface area contributed by atoms with E-state index in [4.69, 9.17) is 20.9 Å². The number of aliphatic hydroxyl groups is 4. The van der Waals surface area contributed by atoms with Gasteiger partial charge in [-0.1, -0.05) is 5.92 Å². The van der Waals surface area contributed by atoms with Gasteiger partial charge in [0.15, 0.2) is 40.5 Å². The van der Waals surface area contributed by atoms with E-state index >= 15 is 0 Å². The maximum Gasteiger partial charge on any atom is 0.190 e. The molecule has 0 unspecified atom stereocenters. The van der Waals surface area contributed by atoms with Crippen LogP contribution in [0.1, 0.15) is 24.7 Å². The highest BCUT2D eigenvalue weighted by atomic mass is 16.6. The number of nitrogen functional groups attached to an aromatic ring is 2. The van der Waals surface area contributed by atoms with Gasteiger partial charge in [-0.2, -0.15) is 0 Å². The van der Waals surface area contributed by atoms with Crippen LogP contribution in [0.15, 0.2) is 19.0 Å². The molecule has 2 saturated heterocycles. The number of nitrogens with two attached hydrogens (primary N) is 2. The van der Waals surface area contributed by atoms with Crippen LogP contribution >= 0.6 is 0 Å². The van der Waals surface area contributed by atoms with Gasteiger partial charge in [-0.15, -0.1) is 0 Å². The zero-order valence-electron chi connectivity index (χ0n) is 20.9. The Hall–Kier alpha value is -4.02. The molecule has 6 rings (SSSR count). The standard InChI is InChI=1S/C23H27N11O6/c24-19-15-21(29-7-27-19)33(9-31-15)14-4-10(36)11(39-14)5-26-3-1-2-13-32-16-20(25)28-8-30-22(16)34(13)23-18(38)17(37)12(6-35)40-23/h7-12,14,17-18,23,26,35-38H,3-6H2,(H2,24,27,29)(H2,25,28,30)/t10-,11+,12+,14+,17+,18+,23+/m0/s1. The molecule has 40 heavy (non-hydrogen) atoms. The molecule has 2 aliphatic heterocycles. The molecule has 2 aliphatic rings. The molecule has 6 heterocycles. The Balaban J connectivity index is 1.14. The van der Waals surface area contributed by atoms with Crippen molar-refractivity contribution in [3.63, 3.8) is 0 Å². The molecule has 7 atom stereocenters. The SMILES string of the molecule is Nc1ncnc2c1ncn2[C@H]1C[C@H](O)[C@@H](CNCC#Cc2nc3c(N)ncnc3n2[C@@H]2O[C@H](CO)[C@@H](O)[C@H]2O)O1. The smallest absolute Gasteiger partial charge is 0.190 e. The van der Waals surface area contributed by atoms with E-state index in [9.17, 15) is 20.4 Å². The third kappa shape index (κ3) is 4.47. The fourth-order valence-corrected chi connectivity index (χ4v) is 4.90. The fraction of sp³-hybridized carbons (Fsp3) is 0.478. The first kappa shape index (κ1) is 26.2. The number of anilines is 2. The molecule has 210 valence electrons. The first-order valence-corrected chi connectivity index (χ1v) is 12.4. The maximum atomic E-state index is 10.6. The van der Waals surface area contributed by atoms with Crippen molar-refractivity contribution >= 4 is 34.0 Å². The second-order valence-electron chi connectivity index (χ2n) is 9.41. The van der Waals surface area contributed by atoms with E-state index in [1.54, 1.807) is 10.9 Å². The number of hydrogen-bond donors (Lipinski definition) is 7. The molecular formula is C23H27N11O6. The van der Waals surface area contributed by atoms with Crippen molar-refractivity contribution in [1.82, 2.24) is 44.4 Å². The average Bonchev–Trinajstić information content (AvgIpc) is 3.69. The average molecular weight is 554 g/mol. The Kier molecular flexibility index (Phi) is 6.89. The van der Waals surface area contributed by atoms with Crippen molar-refractivity contribution in [3.8, 4) is 11.8 Å². The van der Waals surface area contributed by atoms with Crippen molar-refractivity contribution in [1.29, 1.82) is 0 Å². The maximum absolute atomic E-state index is 10.6. The number of aromatic nitrogens is 8. The van der Waals surface area contributed by atoms with E-state index in [0.29, 0.717) is 24.1 Å². The van der Waals surface area contributed by atoms with E-state index in [-0.39, 0.29) is 35.2 Å². The van der Waals surface area contributed by atoms with Crippen molar-refractivity contribution < 1.29 is 29.9 Å². The van der Waals surface area contributed by atoms with Gasteiger partial charge in [0.1, 0.15) is 42.7 Å². The van der Waals surface area contributed by atoms with Gasteiger partial charge in [0.2, 0.25) is 0 Å². The molecular weight excluding hydrogens is 526 g/mol. The number of nitrogens with zero attached hydrogens (tertiary/aromatic N) is 8. The number of fused-ring (bicyclic) bond motifs is 2. The van der Waals surface area contributed by atoms with Gasteiger partial charge < -0.3 is 46.7 Å². The number of rotatable bonds is 6. The third-order valence-electron chi connectivity index (χ3n) is 6.94. The molecule has 17 nitrogen and oxygen atoms in total. The summed E-state index contributed by atoms with van der Waals surface area (Å²) < 4.78 is 14.8. The normalized spacial score (nSPS) is 28.4. The summed E-state index contributed by atoms with van der Waals surface area (Å²) in [5, 5.41) is 44.0. The molecule has 0 bridgehead atoms. The fourth-order valence-electron chi connectivity index (χ4n) is 4.90. The zero-order chi connectivity index (χ0) is 28.0. The van der Waals surface area contributed by atoms with Crippen LogP contribution in [0.3, 0.4) is 0 Å². The minimum Gasteiger partial charge on any atom is -0.394 e. The van der Waals surface area contributed by atoms with Crippen molar-refractivity contribution in [2.24, 2.45) is 0 Å². The summed E-state index contributed by atoms with van der Waals surface area (Å²) in [4.78, 5) is 25.0. The summed E-state index contributed by atoms with van der Waals surface area (Å²) in [5.74, 6) is 6.39. The number of hydrogen-bond acceptors (Lipinski definition) is 15. The highest BCUT2D eigenvalue weighted by molar-refractivity contribution is 5.82. The van der Waals surface area contributed by atoms with Gasteiger partial charge in [0, 0.05) is 13.0 Å². The largest absolute Gasteiger partial charge is 0.394 e. The van der Waals surface area contributed by atoms with Gasteiger partial charge in [0.05, 0.1) is 31.7 Å². The Morgan fingerprint density at radius 1 is 0.950 bits per heavy atom. The summed E-state index contributed by atoms with van der Waals surface area (Å²) in [6.45, 7) is 0.0211. The van der Waals surface area contributed by atoms with Crippen molar-refractivity contribution in [3.05, 3.63) is 24.8 Å². The van der Waals surface area contributed by atoms with Crippen LogP contribution in [0.25, 0.3) is 22.3 Å². The minimum absolute atomic E-state index is 0.110. The number of imidazole rings is 2. The Morgan fingerprint density at radius 2 is 1.70 bits per heavy atom. The Bertz CT molecular complexity index is 1600. The molecule has 0 aromatic carbocycles. The number of nitrogens with one attached hydrogen (secondary N) is 1. The number of ether oxygens (including phenoxy) is 2. The summed E-state index contributed by atoms with van der Waals surface area (Å²) in [5.41, 5.74) is 13.3. The molecule has 17 heteroatoms. The minimum atomic E-state index is -1.37. The lowest BCUT2D eigenvalue weighted by molar-refractivity contribution is -0.0514. The molecule has 0 aliphatic carbocycles. The zero-order valence-corrected chi connectivity index (χ0v) is 20.9. The quantitative estimate of drug-likeness (QED) is 0.0930. The highest BCUT2D eigenvalue weighted by Gasteiger charge is 2.45. The van der Waals surface area contributed by atoms with E-state index in [0.717, 1.165) is 0 Å². The lowest BCUT2D eigenvalue weighted by atomic mass is 10.1. The van der Waals surface area contributed by atoms with Gasteiger partial charge in [0.25, 0.3) is 0 Å². The van der Waals surface area contributed by atoms with Crippen LogP contribution in [-0.4, -0.2) is 110 Å². The second kappa shape index (κ2) is 10.5. The lowest BCUT2D eigenvalue weighted by Gasteiger charge is -2.17. The predicted octanol–water partition coefficient (Wildman–Crippen LogP) is -2.97. The molecule has 4 aromatic heterocycles. The third-order valence-corrected chi connectivity index (χ3v) is 6.94. The van der Waals surface area contributed by atoms with Crippen molar-refractivity contribution in [2.45, 2.75) is 49.4 Å². The molecule has 0 radical (unpaired) electrons. The summed E-state index contributed by atoms with van der Waals surface area (Å²) in [6.07, 6.45) is -2.03. The van der Waals surface area contributed by atoms with Crippen LogP contribution < -0.4 is 16.8 Å². The topological polar surface area (TPSA) is 251 Å². The van der Waals surface area contributed by atoms with Crippen LogP contribution in [0.4, 0.5) is 11.6 Å². The van der Waals surface area contributed by atoms with Crippen LogP contribution in [0.2, 0.25) is 0 Å². The monoisotopic (exact) mass is 553 g/mol. The second-order valence-corrected chi connectivity index (χ2v) is 9.41. The van der Waals surface area contributed by atoms with Crippen LogP contribution in [-0.2, 0) is 9.47 Å². The van der Waals surface area contributed by atoms with Crippen molar-refractivity contribution in [2.75, 3.05) is 31.2 Å². The lowest BCUT2D eigenvalue weighted by Crippen LogP contribution is -2.34. The van der Waals surface area contributed by atoms with E-state index < -0.39 is 49.6 Å². The van der Waals surface area contributed by atoms with Crippen LogP contribution in [0, 0.1) is 11.8 Å². The Labute approximate surface area is 225 Å². The van der Waals surface area contributed by atoms with Crippen LogP contribution in [0.5, 0.6) is 0 Å². The highest BCUT2D eigenvalue weighted by Crippen LogP contribution is 2.33. The molecule has 2 fully saturated rings. The molecule has 0 amide bonds. The molecule has 0 spiro atoms. The van der Waals surface area contributed by atoms with Gasteiger partial charge in [-0.3, -0.25) is 9.13 Å². The van der Waals surface area contributed by atoms with E-state index in [1.807, 2.05) is 0 Å². The van der Waals surface area contributed by atoms with Gasteiger partial charge in [-0.25, -0.2) is 29.9 Å². The predicted molar refractivity (Wildman–Crippen MR) is 137 cm³/mol. The first-order valence-electron chi connectivity index (χ1n) is 12.4. The number of aliphatic hydroxyl groups excluding tert-OH is 4. The van der Waals surface area contributed by atoms with Gasteiger partial charge in [-0.05, 0) is 5.92 Å². The first-order chi connectivity index (χ1) is 19.4. The van der Waals surface area contributed by atoms with E-state index in [1.165, 1.54) is 17.2 Å². The molecule has 4 aromatic rings. The summed E-state index contributed by atoms with van der Waals surface area (Å²) in [7, 11) is 0. The van der Waals surface area contributed by atoms with E-state index in [2.05, 4.69) is 47.1 Å². The van der Waals surface area contributed by atoms with Gasteiger partial charge >= 0.3 is 0 Å². The summed E-state index contributed by atoms with van der Waals surface area (Å²) in [6, 6.07) is 0. The molecule has 0 saturated carbocycles.